The third-order valence-electron chi connectivity index (χ3n) is 2.05. The zero-order chi connectivity index (χ0) is 9.97. The monoisotopic (exact) mass is 189 g/mol. The first-order valence-corrected chi connectivity index (χ1v) is 4.31. The van der Waals surface area contributed by atoms with Gasteiger partial charge in [0.25, 0.3) is 0 Å². The van der Waals surface area contributed by atoms with Crippen LogP contribution in [0.4, 0.5) is 5.69 Å². The highest BCUT2D eigenvalue weighted by molar-refractivity contribution is 5.39. The van der Waals surface area contributed by atoms with Gasteiger partial charge in [-0.1, -0.05) is 0 Å². The fourth-order valence-corrected chi connectivity index (χ4v) is 1.17. The first kappa shape index (κ1) is 8.68. The first-order chi connectivity index (χ1) is 6.77. The SMILES string of the molecule is Cc1c(N)cnn1Cc1ncccn1. The van der Waals surface area contributed by atoms with Gasteiger partial charge in [-0.05, 0) is 13.0 Å². The summed E-state index contributed by atoms with van der Waals surface area (Å²) in [7, 11) is 0. The maximum Gasteiger partial charge on any atom is 0.149 e. The van der Waals surface area contributed by atoms with E-state index in [4.69, 9.17) is 5.73 Å². The van der Waals surface area contributed by atoms with Crippen LogP contribution in [0.25, 0.3) is 0 Å². The average Bonchev–Trinajstić information content (AvgIpc) is 2.52. The van der Waals surface area contributed by atoms with Gasteiger partial charge in [0.15, 0.2) is 0 Å². The second-order valence-electron chi connectivity index (χ2n) is 3.01. The van der Waals surface area contributed by atoms with Gasteiger partial charge >= 0.3 is 0 Å². The van der Waals surface area contributed by atoms with Crippen LogP contribution in [0.1, 0.15) is 11.5 Å². The van der Waals surface area contributed by atoms with E-state index in [1.807, 2.05) is 6.92 Å². The second-order valence-corrected chi connectivity index (χ2v) is 3.01. The van der Waals surface area contributed by atoms with E-state index in [9.17, 15) is 0 Å². The van der Waals surface area contributed by atoms with Gasteiger partial charge in [-0.3, -0.25) is 4.68 Å². The molecule has 0 unspecified atom stereocenters. The zero-order valence-corrected chi connectivity index (χ0v) is 7.88. The topological polar surface area (TPSA) is 69.6 Å². The molecule has 2 heterocycles. The van der Waals surface area contributed by atoms with Crippen molar-refractivity contribution < 1.29 is 0 Å². The van der Waals surface area contributed by atoms with Gasteiger partial charge in [-0.25, -0.2) is 9.97 Å². The van der Waals surface area contributed by atoms with Crippen LogP contribution in [-0.4, -0.2) is 19.7 Å². The summed E-state index contributed by atoms with van der Waals surface area (Å²) >= 11 is 0. The number of rotatable bonds is 2. The Morgan fingerprint density at radius 1 is 1.36 bits per heavy atom. The maximum atomic E-state index is 5.67. The van der Waals surface area contributed by atoms with Crippen molar-refractivity contribution in [2.45, 2.75) is 13.5 Å². The summed E-state index contributed by atoms with van der Waals surface area (Å²) in [6.45, 7) is 2.48. The van der Waals surface area contributed by atoms with Crippen LogP contribution in [-0.2, 0) is 6.54 Å². The molecule has 2 aromatic heterocycles. The second kappa shape index (κ2) is 3.45. The van der Waals surface area contributed by atoms with Gasteiger partial charge in [0.2, 0.25) is 0 Å². The van der Waals surface area contributed by atoms with Crippen molar-refractivity contribution in [3.8, 4) is 0 Å². The molecule has 72 valence electrons. The van der Waals surface area contributed by atoms with Gasteiger partial charge < -0.3 is 5.73 Å². The third kappa shape index (κ3) is 1.56. The zero-order valence-electron chi connectivity index (χ0n) is 7.88. The molecule has 0 bridgehead atoms. The molecule has 5 nitrogen and oxygen atoms in total. The maximum absolute atomic E-state index is 5.67. The summed E-state index contributed by atoms with van der Waals surface area (Å²) in [5.74, 6) is 0.735. The highest BCUT2D eigenvalue weighted by Gasteiger charge is 2.04. The first-order valence-electron chi connectivity index (χ1n) is 4.31. The minimum atomic E-state index is 0.559. The number of anilines is 1. The number of hydrogen-bond acceptors (Lipinski definition) is 4. The van der Waals surface area contributed by atoms with Crippen molar-refractivity contribution in [1.82, 2.24) is 19.7 Å². The molecule has 0 aromatic carbocycles. The van der Waals surface area contributed by atoms with E-state index in [0.717, 1.165) is 11.5 Å². The molecule has 0 aliphatic carbocycles. The summed E-state index contributed by atoms with van der Waals surface area (Å²) in [5, 5.41) is 4.12. The van der Waals surface area contributed by atoms with E-state index in [0.29, 0.717) is 12.2 Å². The quantitative estimate of drug-likeness (QED) is 0.751. The molecular formula is C9H11N5. The minimum absolute atomic E-state index is 0.559. The van der Waals surface area contributed by atoms with Crippen LogP contribution >= 0.6 is 0 Å². The normalized spacial score (nSPS) is 10.4. The summed E-state index contributed by atoms with van der Waals surface area (Å²) in [4.78, 5) is 8.22. The number of nitrogen functional groups attached to an aromatic ring is 1. The van der Waals surface area contributed by atoms with Crippen LogP contribution in [0.2, 0.25) is 0 Å². The van der Waals surface area contributed by atoms with E-state index in [1.165, 1.54) is 0 Å². The van der Waals surface area contributed by atoms with Crippen LogP contribution in [0.15, 0.2) is 24.7 Å². The third-order valence-corrected chi connectivity index (χ3v) is 2.05. The minimum Gasteiger partial charge on any atom is -0.396 e. The van der Waals surface area contributed by atoms with Crippen LogP contribution in [0.3, 0.4) is 0 Å². The lowest BCUT2D eigenvalue weighted by Crippen LogP contribution is -2.07. The summed E-state index contributed by atoms with van der Waals surface area (Å²) in [5.41, 5.74) is 7.31. The van der Waals surface area contributed by atoms with Gasteiger partial charge in [-0.2, -0.15) is 5.10 Å². The average molecular weight is 189 g/mol. The number of hydrogen-bond donors (Lipinski definition) is 1. The van der Waals surface area contributed by atoms with Crippen molar-refractivity contribution >= 4 is 5.69 Å². The fourth-order valence-electron chi connectivity index (χ4n) is 1.17. The molecule has 0 saturated carbocycles. The van der Waals surface area contributed by atoms with E-state index in [1.54, 1.807) is 29.3 Å². The molecule has 0 spiro atoms. The van der Waals surface area contributed by atoms with E-state index in [-0.39, 0.29) is 0 Å². The summed E-state index contributed by atoms with van der Waals surface area (Å²) in [6, 6.07) is 1.79. The Labute approximate surface area is 81.6 Å². The summed E-state index contributed by atoms with van der Waals surface area (Å²) < 4.78 is 1.78. The number of nitrogens with zero attached hydrogens (tertiary/aromatic N) is 4. The predicted molar refractivity (Wildman–Crippen MR) is 52.5 cm³/mol. The Kier molecular flexibility index (Phi) is 2.14. The van der Waals surface area contributed by atoms with Gasteiger partial charge in [0.1, 0.15) is 12.4 Å². The molecule has 14 heavy (non-hydrogen) atoms. The smallest absolute Gasteiger partial charge is 0.149 e. The summed E-state index contributed by atoms with van der Waals surface area (Å²) in [6.07, 6.45) is 5.06. The highest BCUT2D eigenvalue weighted by Crippen LogP contribution is 2.08. The molecule has 0 aliphatic heterocycles. The van der Waals surface area contributed by atoms with E-state index < -0.39 is 0 Å². The Bertz CT molecular complexity index is 420. The Hall–Kier alpha value is -1.91. The molecule has 0 saturated heterocycles. The van der Waals surface area contributed by atoms with Crippen molar-refractivity contribution in [3.05, 3.63) is 36.2 Å². The van der Waals surface area contributed by atoms with Crippen molar-refractivity contribution in [2.24, 2.45) is 0 Å². The Morgan fingerprint density at radius 2 is 2.07 bits per heavy atom. The molecule has 0 fully saturated rings. The van der Waals surface area contributed by atoms with Crippen LogP contribution < -0.4 is 5.73 Å². The van der Waals surface area contributed by atoms with Crippen LogP contribution in [0.5, 0.6) is 0 Å². The molecule has 0 atom stereocenters. The Morgan fingerprint density at radius 3 is 2.64 bits per heavy atom. The predicted octanol–water partition coefficient (Wildman–Crippen LogP) is 0.612. The molecule has 5 heteroatoms. The molecule has 2 N–H and O–H groups in total. The molecule has 0 aliphatic rings. The molecular weight excluding hydrogens is 178 g/mol. The van der Waals surface area contributed by atoms with Crippen molar-refractivity contribution in [2.75, 3.05) is 5.73 Å². The van der Waals surface area contributed by atoms with Crippen molar-refractivity contribution in [1.29, 1.82) is 0 Å². The lowest BCUT2D eigenvalue weighted by atomic mass is 10.4. The number of aromatic nitrogens is 4. The van der Waals surface area contributed by atoms with Gasteiger partial charge in [-0.15, -0.1) is 0 Å². The fraction of sp³-hybridized carbons (Fsp3) is 0.222. The standard InChI is InChI=1S/C9H11N5/c1-7-8(10)5-13-14(7)6-9-11-3-2-4-12-9/h2-5H,6,10H2,1H3. The molecule has 2 rings (SSSR count). The molecule has 0 radical (unpaired) electrons. The number of nitrogens with two attached hydrogens (primary N) is 1. The van der Waals surface area contributed by atoms with E-state index in [2.05, 4.69) is 15.1 Å². The Balaban J connectivity index is 2.23. The van der Waals surface area contributed by atoms with Gasteiger partial charge in [0, 0.05) is 12.4 Å². The van der Waals surface area contributed by atoms with Crippen LogP contribution in [0, 0.1) is 6.92 Å². The molecule has 2 aromatic rings. The van der Waals surface area contributed by atoms with Crippen molar-refractivity contribution in [3.63, 3.8) is 0 Å². The van der Waals surface area contributed by atoms with Gasteiger partial charge in [0.05, 0.1) is 17.6 Å². The largest absolute Gasteiger partial charge is 0.396 e. The van der Waals surface area contributed by atoms with E-state index >= 15 is 0 Å². The lowest BCUT2D eigenvalue weighted by molar-refractivity contribution is 0.637. The highest BCUT2D eigenvalue weighted by atomic mass is 15.3. The lowest BCUT2D eigenvalue weighted by Gasteiger charge is -2.02. The molecule has 0 amide bonds.